The maximum Gasteiger partial charge on any atom is 0.308 e. The van der Waals surface area contributed by atoms with E-state index in [0.717, 1.165) is 0 Å². The molecule has 0 radical (unpaired) electrons. The zero-order valence-electron chi connectivity index (χ0n) is 8.85. The molecule has 1 aliphatic carbocycles. The fourth-order valence-corrected chi connectivity index (χ4v) is 1.90. The number of rotatable bonds is 3. The topological polar surface area (TPSA) is 124 Å². The molecule has 0 aromatic heterocycles. The van der Waals surface area contributed by atoms with Crippen LogP contribution in [-0.2, 0) is 9.53 Å². The van der Waals surface area contributed by atoms with Gasteiger partial charge in [0.05, 0.1) is 13.0 Å². The molecule has 0 spiro atoms. The maximum atomic E-state index is 11.3. The van der Waals surface area contributed by atoms with E-state index in [1.165, 1.54) is 7.11 Å². The van der Waals surface area contributed by atoms with Crippen molar-refractivity contribution in [2.24, 2.45) is 16.1 Å². The summed E-state index contributed by atoms with van der Waals surface area (Å²) in [5, 5.41) is 7.13. The molecule has 0 unspecified atom stereocenters. The molecular weight excluding hydrogens is 212 g/mol. The van der Waals surface area contributed by atoms with Crippen LogP contribution in [0, 0.1) is 5.92 Å². The second kappa shape index (κ2) is 5.85. The normalized spacial score (nSPS) is 28.4. The van der Waals surface area contributed by atoms with Gasteiger partial charge in [-0.25, -0.2) is 0 Å². The van der Waals surface area contributed by atoms with E-state index in [0.29, 0.717) is 19.3 Å². The SMILES string of the molecule is COC(=O)[C@H]1CC[C@@H](N=[N+]=[N-])[C@H](N=[N+]=[N-])C1. The van der Waals surface area contributed by atoms with E-state index in [9.17, 15) is 4.79 Å². The summed E-state index contributed by atoms with van der Waals surface area (Å²) in [5.41, 5.74) is 16.8. The molecule has 0 saturated heterocycles. The highest BCUT2D eigenvalue weighted by Gasteiger charge is 2.33. The first-order valence-corrected chi connectivity index (χ1v) is 4.89. The van der Waals surface area contributed by atoms with Crippen LogP contribution in [0.25, 0.3) is 20.9 Å². The highest BCUT2D eigenvalue weighted by Crippen LogP contribution is 2.29. The summed E-state index contributed by atoms with van der Waals surface area (Å²) in [6.45, 7) is 0. The maximum absolute atomic E-state index is 11.3. The Labute approximate surface area is 91.8 Å². The molecule has 86 valence electrons. The van der Waals surface area contributed by atoms with E-state index in [2.05, 4.69) is 24.8 Å². The lowest BCUT2D eigenvalue weighted by atomic mass is 9.83. The van der Waals surface area contributed by atoms with Crippen molar-refractivity contribution >= 4 is 5.97 Å². The van der Waals surface area contributed by atoms with E-state index < -0.39 is 6.04 Å². The van der Waals surface area contributed by atoms with Crippen LogP contribution in [0.1, 0.15) is 19.3 Å². The second-order valence-electron chi connectivity index (χ2n) is 3.58. The highest BCUT2D eigenvalue weighted by atomic mass is 16.5. The van der Waals surface area contributed by atoms with Gasteiger partial charge in [0.25, 0.3) is 0 Å². The van der Waals surface area contributed by atoms with Crippen molar-refractivity contribution in [1.29, 1.82) is 0 Å². The van der Waals surface area contributed by atoms with E-state index >= 15 is 0 Å². The summed E-state index contributed by atoms with van der Waals surface area (Å²) in [7, 11) is 1.32. The predicted octanol–water partition coefficient (Wildman–Crippen LogP) is 2.32. The predicted molar refractivity (Wildman–Crippen MR) is 55.2 cm³/mol. The van der Waals surface area contributed by atoms with Crippen molar-refractivity contribution in [3.63, 3.8) is 0 Å². The van der Waals surface area contributed by atoms with Gasteiger partial charge in [0.2, 0.25) is 0 Å². The Morgan fingerprint density at radius 3 is 2.44 bits per heavy atom. The molecule has 0 aromatic carbocycles. The first-order chi connectivity index (χ1) is 7.72. The molecule has 1 fully saturated rings. The molecule has 1 aliphatic rings. The van der Waals surface area contributed by atoms with Gasteiger partial charge in [-0.3, -0.25) is 4.79 Å². The molecule has 8 nitrogen and oxygen atoms in total. The molecule has 0 aromatic rings. The summed E-state index contributed by atoms with van der Waals surface area (Å²) in [6.07, 6.45) is 1.50. The average Bonchev–Trinajstić information content (AvgIpc) is 2.31. The van der Waals surface area contributed by atoms with Crippen LogP contribution in [0.5, 0.6) is 0 Å². The number of esters is 1. The summed E-state index contributed by atoms with van der Waals surface area (Å²) in [5.74, 6) is -0.580. The molecule has 0 bridgehead atoms. The van der Waals surface area contributed by atoms with Crippen molar-refractivity contribution in [3.05, 3.63) is 20.9 Å². The van der Waals surface area contributed by atoms with Gasteiger partial charge in [-0.2, -0.15) is 0 Å². The Morgan fingerprint density at radius 2 is 1.88 bits per heavy atom. The van der Waals surface area contributed by atoms with Gasteiger partial charge < -0.3 is 4.74 Å². The first-order valence-electron chi connectivity index (χ1n) is 4.89. The fraction of sp³-hybridized carbons (Fsp3) is 0.875. The molecule has 8 heteroatoms. The summed E-state index contributed by atoms with van der Waals surface area (Å²) in [6, 6.07) is -0.819. The monoisotopic (exact) mass is 224 g/mol. The number of ether oxygens (including phenoxy) is 1. The molecule has 1 rings (SSSR count). The molecule has 3 atom stereocenters. The van der Waals surface area contributed by atoms with E-state index in [1.54, 1.807) is 0 Å². The Hall–Kier alpha value is -1.91. The van der Waals surface area contributed by atoms with Gasteiger partial charge in [-0.05, 0) is 30.3 Å². The quantitative estimate of drug-likeness (QED) is 0.316. The first kappa shape index (κ1) is 12.2. The number of carbonyl (C=O) groups is 1. The van der Waals surface area contributed by atoms with Crippen molar-refractivity contribution in [1.82, 2.24) is 0 Å². The van der Waals surface area contributed by atoms with Gasteiger partial charge in [0, 0.05) is 21.9 Å². The van der Waals surface area contributed by atoms with Gasteiger partial charge in [0.15, 0.2) is 0 Å². The molecule has 0 N–H and O–H groups in total. The molecular formula is C8H12N6O2. The molecule has 0 aliphatic heterocycles. The van der Waals surface area contributed by atoms with Crippen LogP contribution >= 0.6 is 0 Å². The van der Waals surface area contributed by atoms with Crippen LogP contribution < -0.4 is 0 Å². The molecule has 1 saturated carbocycles. The minimum Gasteiger partial charge on any atom is -0.469 e. The lowest BCUT2D eigenvalue weighted by Crippen LogP contribution is -2.34. The largest absolute Gasteiger partial charge is 0.469 e. The number of nitrogens with zero attached hydrogens (tertiary/aromatic N) is 6. The number of hydrogen-bond acceptors (Lipinski definition) is 4. The van der Waals surface area contributed by atoms with Crippen LogP contribution in [0.2, 0.25) is 0 Å². The summed E-state index contributed by atoms with van der Waals surface area (Å²) in [4.78, 5) is 16.7. The van der Waals surface area contributed by atoms with Crippen LogP contribution in [-0.4, -0.2) is 25.2 Å². The third-order valence-corrected chi connectivity index (χ3v) is 2.72. The standard InChI is InChI=1S/C8H12N6O2/c1-16-8(15)5-2-3-6(11-13-9)7(4-5)12-14-10/h5-7H,2-4H2,1H3/t5-,6+,7+/m0/s1. The summed E-state index contributed by atoms with van der Waals surface area (Å²) < 4.78 is 4.63. The zero-order chi connectivity index (χ0) is 12.0. The number of azide groups is 2. The Balaban J connectivity index is 2.75. The molecule has 0 amide bonds. The molecule has 0 heterocycles. The zero-order valence-corrected chi connectivity index (χ0v) is 8.85. The Kier molecular flexibility index (Phi) is 4.44. The highest BCUT2D eigenvalue weighted by molar-refractivity contribution is 5.72. The Bertz CT molecular complexity index is 358. The second-order valence-corrected chi connectivity index (χ2v) is 3.58. The number of methoxy groups -OCH3 is 1. The van der Waals surface area contributed by atoms with Gasteiger partial charge in [-0.1, -0.05) is 10.2 Å². The van der Waals surface area contributed by atoms with Crippen molar-refractivity contribution < 1.29 is 9.53 Å². The van der Waals surface area contributed by atoms with E-state index in [1.807, 2.05) is 0 Å². The third kappa shape index (κ3) is 2.79. The smallest absolute Gasteiger partial charge is 0.308 e. The van der Waals surface area contributed by atoms with Crippen molar-refractivity contribution in [2.45, 2.75) is 31.3 Å². The van der Waals surface area contributed by atoms with Crippen LogP contribution in [0.3, 0.4) is 0 Å². The lowest BCUT2D eigenvalue weighted by Gasteiger charge is -2.29. The third-order valence-electron chi connectivity index (χ3n) is 2.72. The van der Waals surface area contributed by atoms with Gasteiger partial charge in [0.1, 0.15) is 0 Å². The Morgan fingerprint density at radius 1 is 1.25 bits per heavy atom. The van der Waals surface area contributed by atoms with Gasteiger partial charge in [-0.15, -0.1) is 0 Å². The van der Waals surface area contributed by atoms with Crippen molar-refractivity contribution in [3.8, 4) is 0 Å². The van der Waals surface area contributed by atoms with E-state index in [4.69, 9.17) is 11.1 Å². The van der Waals surface area contributed by atoms with Crippen molar-refractivity contribution in [2.75, 3.05) is 7.11 Å². The van der Waals surface area contributed by atoms with Crippen LogP contribution in [0.15, 0.2) is 10.2 Å². The van der Waals surface area contributed by atoms with E-state index in [-0.39, 0.29) is 17.9 Å². The minimum absolute atomic E-state index is 0.273. The number of hydrogen-bond donors (Lipinski definition) is 0. The summed E-state index contributed by atoms with van der Waals surface area (Å²) >= 11 is 0. The minimum atomic E-state index is -0.459. The number of carbonyl (C=O) groups excluding carboxylic acids is 1. The lowest BCUT2D eigenvalue weighted by molar-refractivity contribution is -0.146. The van der Waals surface area contributed by atoms with Gasteiger partial charge >= 0.3 is 5.97 Å². The average molecular weight is 224 g/mol. The van der Waals surface area contributed by atoms with Crippen LogP contribution in [0.4, 0.5) is 0 Å². The molecule has 16 heavy (non-hydrogen) atoms. The fourth-order valence-electron chi connectivity index (χ4n) is 1.90.